The van der Waals surface area contributed by atoms with Crippen molar-refractivity contribution in [2.45, 2.75) is 58.4 Å². The Morgan fingerprint density at radius 2 is 1.73 bits per heavy atom. The molecule has 37 heavy (non-hydrogen) atoms. The summed E-state index contributed by atoms with van der Waals surface area (Å²) in [5.41, 5.74) is 5.13. The van der Waals surface area contributed by atoms with Gasteiger partial charge in [-0.2, -0.15) is 5.26 Å². The second-order valence-corrected chi connectivity index (χ2v) is 9.04. The van der Waals surface area contributed by atoms with E-state index < -0.39 is 0 Å². The summed E-state index contributed by atoms with van der Waals surface area (Å²) in [6.45, 7) is 3.96. The van der Waals surface area contributed by atoms with Crippen LogP contribution in [0.4, 0.5) is 10.1 Å². The number of nitrogens with one attached hydrogen (secondary N) is 2. The lowest BCUT2D eigenvalue weighted by Gasteiger charge is -2.21. The van der Waals surface area contributed by atoms with Gasteiger partial charge in [0.25, 0.3) is 0 Å². The zero-order chi connectivity index (χ0) is 27.0. The topological polar surface area (TPSA) is 82.0 Å². The maximum absolute atomic E-state index is 12.7. The van der Waals surface area contributed by atoms with Gasteiger partial charge in [0, 0.05) is 23.4 Å². The Morgan fingerprint density at radius 1 is 1.05 bits per heavy atom. The summed E-state index contributed by atoms with van der Waals surface area (Å²) in [6, 6.07) is 22.2. The minimum Gasteiger partial charge on any atom is -0.328 e. The number of benzene rings is 3. The number of nitriles is 1. The molecule has 2 N–H and O–H groups in total. The first-order chi connectivity index (χ1) is 17.9. The average Bonchev–Trinajstić information content (AvgIpc) is 2.93. The largest absolute Gasteiger partial charge is 0.328 e. The summed E-state index contributed by atoms with van der Waals surface area (Å²) in [5, 5.41) is 14.1. The quantitative estimate of drug-likeness (QED) is 0.284. The molecular formula is C31H36FN3O2. The van der Waals surface area contributed by atoms with Gasteiger partial charge in [0.1, 0.15) is 5.82 Å². The first-order valence-electron chi connectivity index (χ1n) is 12.6. The van der Waals surface area contributed by atoms with Gasteiger partial charge in [0.2, 0.25) is 6.41 Å². The molecule has 0 aromatic heterocycles. The molecule has 3 aromatic rings. The van der Waals surface area contributed by atoms with Gasteiger partial charge in [-0.15, -0.1) is 0 Å². The highest BCUT2D eigenvalue weighted by molar-refractivity contribution is 5.95. The van der Waals surface area contributed by atoms with Crippen molar-refractivity contribution in [2.24, 2.45) is 0 Å². The number of aryl methyl sites for hydroxylation is 1. The Balaban J connectivity index is 0.000000198. The summed E-state index contributed by atoms with van der Waals surface area (Å²) in [7, 11) is 1.80. The van der Waals surface area contributed by atoms with Crippen molar-refractivity contribution in [1.82, 2.24) is 5.32 Å². The Morgan fingerprint density at radius 3 is 2.30 bits per heavy atom. The maximum Gasteiger partial charge on any atom is 0.211 e. The van der Waals surface area contributed by atoms with E-state index >= 15 is 0 Å². The highest BCUT2D eigenvalue weighted by Crippen LogP contribution is 2.32. The molecule has 4 rings (SSSR count). The molecule has 6 heteroatoms. The molecular weight excluding hydrogens is 465 g/mol. The molecule has 0 saturated heterocycles. The fourth-order valence-electron chi connectivity index (χ4n) is 4.16. The van der Waals surface area contributed by atoms with Gasteiger partial charge >= 0.3 is 0 Å². The molecule has 0 atom stereocenters. The molecule has 0 heterocycles. The molecule has 5 nitrogen and oxygen atoms in total. The van der Waals surface area contributed by atoms with E-state index in [1.54, 1.807) is 31.3 Å². The number of Topliss-reactive ketones (excluding diaryl/α,β-unsaturated/α-hetero) is 1. The van der Waals surface area contributed by atoms with Crippen LogP contribution in [-0.4, -0.2) is 19.2 Å². The van der Waals surface area contributed by atoms with Gasteiger partial charge < -0.3 is 10.6 Å². The number of hydrogen-bond acceptors (Lipinski definition) is 4. The lowest BCUT2D eigenvalue weighted by atomic mass is 9.84. The van der Waals surface area contributed by atoms with Gasteiger partial charge in [-0.05, 0) is 75.0 Å². The van der Waals surface area contributed by atoms with Crippen LogP contribution < -0.4 is 10.6 Å². The molecule has 1 aliphatic rings. The van der Waals surface area contributed by atoms with Crippen molar-refractivity contribution >= 4 is 17.9 Å². The minimum absolute atomic E-state index is 0.00560. The van der Waals surface area contributed by atoms with E-state index in [0.717, 1.165) is 17.0 Å². The van der Waals surface area contributed by atoms with Crippen LogP contribution in [0.2, 0.25) is 0 Å². The fraction of sp³-hybridized carbons (Fsp3) is 0.323. The number of hydrogen-bond donors (Lipinski definition) is 2. The Bertz CT molecular complexity index is 1180. The number of halogens is 1. The van der Waals surface area contributed by atoms with E-state index in [9.17, 15) is 14.0 Å². The number of rotatable bonds is 6. The monoisotopic (exact) mass is 501 g/mol. The highest BCUT2D eigenvalue weighted by Gasteiger charge is 2.14. The number of amides is 1. The molecule has 194 valence electrons. The lowest BCUT2D eigenvalue weighted by molar-refractivity contribution is -0.105. The molecule has 0 spiro atoms. The predicted molar refractivity (Wildman–Crippen MR) is 147 cm³/mol. The van der Waals surface area contributed by atoms with Crippen LogP contribution in [0.1, 0.15) is 77.6 Å². The van der Waals surface area contributed by atoms with Crippen molar-refractivity contribution in [3.05, 3.63) is 100 Å². The first kappa shape index (κ1) is 29.4. The summed E-state index contributed by atoms with van der Waals surface area (Å²) in [4.78, 5) is 21.2. The minimum atomic E-state index is -0.142. The maximum atomic E-state index is 12.7. The van der Waals surface area contributed by atoms with E-state index in [-0.39, 0.29) is 11.6 Å². The van der Waals surface area contributed by atoms with E-state index in [0.29, 0.717) is 29.8 Å². The summed E-state index contributed by atoms with van der Waals surface area (Å²) < 4.78 is 12.7. The van der Waals surface area contributed by atoms with E-state index in [1.165, 1.54) is 50.7 Å². The van der Waals surface area contributed by atoms with Gasteiger partial charge in [-0.3, -0.25) is 9.59 Å². The molecule has 1 aliphatic carbocycles. The first-order valence-corrected chi connectivity index (χ1v) is 12.6. The molecule has 0 bridgehead atoms. The zero-order valence-corrected chi connectivity index (χ0v) is 21.9. The smallest absolute Gasteiger partial charge is 0.211 e. The van der Waals surface area contributed by atoms with Gasteiger partial charge in [-0.1, -0.05) is 61.7 Å². The molecule has 3 aromatic carbocycles. The van der Waals surface area contributed by atoms with Crippen LogP contribution in [0.5, 0.6) is 0 Å². The SMILES string of the molecule is CC(=O)c1ccc(C)c(NC=O)c1.CNCc1ccccc1F.N#Cc1ccc(C2CCCCC2)cc1. The van der Waals surface area contributed by atoms with Crippen molar-refractivity contribution in [3.63, 3.8) is 0 Å². The summed E-state index contributed by atoms with van der Waals surface area (Å²) >= 11 is 0. The third-order valence-corrected chi connectivity index (χ3v) is 6.30. The molecule has 0 radical (unpaired) electrons. The Kier molecular flexibility index (Phi) is 12.7. The van der Waals surface area contributed by atoms with Gasteiger partial charge in [-0.25, -0.2) is 4.39 Å². The third-order valence-electron chi connectivity index (χ3n) is 6.30. The number of carbonyl (C=O) groups excluding carboxylic acids is 2. The van der Waals surface area contributed by atoms with Crippen LogP contribution in [0, 0.1) is 24.1 Å². The van der Waals surface area contributed by atoms with Gasteiger partial charge in [0.15, 0.2) is 5.78 Å². The Hall–Kier alpha value is -3.82. The van der Waals surface area contributed by atoms with Crippen LogP contribution in [0.3, 0.4) is 0 Å². The third kappa shape index (κ3) is 9.98. The van der Waals surface area contributed by atoms with E-state index in [2.05, 4.69) is 28.8 Å². The number of ketones is 1. The summed E-state index contributed by atoms with van der Waals surface area (Å²) in [5.74, 6) is 0.599. The molecule has 0 unspecified atom stereocenters. The molecule has 1 fully saturated rings. The van der Waals surface area contributed by atoms with Crippen LogP contribution in [0.15, 0.2) is 66.7 Å². The van der Waals surface area contributed by atoms with Crippen molar-refractivity contribution < 1.29 is 14.0 Å². The van der Waals surface area contributed by atoms with E-state index in [4.69, 9.17) is 5.26 Å². The number of carbonyl (C=O) groups is 2. The highest BCUT2D eigenvalue weighted by atomic mass is 19.1. The summed E-state index contributed by atoms with van der Waals surface area (Å²) in [6.07, 6.45) is 7.38. The van der Waals surface area contributed by atoms with Crippen molar-refractivity contribution in [1.29, 1.82) is 5.26 Å². The lowest BCUT2D eigenvalue weighted by Crippen LogP contribution is -2.06. The standard InChI is InChI=1S/C13H15N.C10H11NO2.C8H10FN/c14-10-11-6-8-13(9-7-11)12-4-2-1-3-5-12;1-7-3-4-9(8(2)13)5-10(7)11-6-12;1-10-6-7-4-2-3-5-8(7)9/h6-9,12H,1-5H2;3-6H,1-2H3,(H,11,12);2-5,10H,6H2,1H3. The number of anilines is 1. The molecule has 1 amide bonds. The molecule has 0 aliphatic heterocycles. The second kappa shape index (κ2) is 16.0. The second-order valence-electron chi connectivity index (χ2n) is 9.04. The Labute approximate surface area is 219 Å². The van der Waals surface area contributed by atoms with E-state index in [1.807, 2.05) is 31.2 Å². The normalized spacial score (nSPS) is 12.6. The van der Waals surface area contributed by atoms with Crippen LogP contribution >= 0.6 is 0 Å². The van der Waals surface area contributed by atoms with Crippen molar-refractivity contribution in [2.75, 3.05) is 12.4 Å². The zero-order valence-electron chi connectivity index (χ0n) is 21.9. The number of nitrogens with zero attached hydrogens (tertiary/aromatic N) is 1. The van der Waals surface area contributed by atoms with Crippen LogP contribution in [0.25, 0.3) is 0 Å². The van der Waals surface area contributed by atoms with Crippen molar-refractivity contribution in [3.8, 4) is 6.07 Å². The average molecular weight is 502 g/mol. The van der Waals surface area contributed by atoms with Crippen LogP contribution in [-0.2, 0) is 11.3 Å². The fourth-order valence-corrected chi connectivity index (χ4v) is 4.16. The predicted octanol–water partition coefficient (Wildman–Crippen LogP) is 6.92. The molecule has 1 saturated carbocycles. The van der Waals surface area contributed by atoms with Gasteiger partial charge in [0.05, 0.1) is 11.6 Å².